The van der Waals surface area contributed by atoms with Gasteiger partial charge in [0.1, 0.15) is 5.56 Å². The van der Waals surface area contributed by atoms with Gasteiger partial charge in [0.2, 0.25) is 0 Å². The molecule has 8 heteroatoms. The first kappa shape index (κ1) is 22.1. The topological polar surface area (TPSA) is 62.5 Å². The van der Waals surface area contributed by atoms with Gasteiger partial charge in [-0.05, 0) is 44.2 Å². The molecular weight excluding hydrogens is 452 g/mol. The summed E-state index contributed by atoms with van der Waals surface area (Å²) in [7, 11) is 1.61. The first-order chi connectivity index (χ1) is 14.8. The number of thiophene rings is 1. The molecule has 1 atom stereocenters. The predicted molar refractivity (Wildman–Crippen MR) is 127 cm³/mol. The third-order valence-electron chi connectivity index (χ3n) is 5.38. The summed E-state index contributed by atoms with van der Waals surface area (Å²) in [6.07, 6.45) is 0.530. The number of benzene rings is 1. The highest BCUT2D eigenvalue weighted by Gasteiger charge is 2.30. The maximum atomic E-state index is 13.2. The number of halogens is 1. The molecule has 1 aliphatic heterocycles. The van der Waals surface area contributed by atoms with Crippen LogP contribution in [0.4, 0.5) is 0 Å². The van der Waals surface area contributed by atoms with Gasteiger partial charge in [0.15, 0.2) is 5.43 Å². The number of rotatable bonds is 4. The van der Waals surface area contributed by atoms with Crippen LogP contribution in [-0.4, -0.2) is 40.7 Å². The Labute approximate surface area is 194 Å². The Morgan fingerprint density at radius 2 is 2.03 bits per heavy atom. The van der Waals surface area contributed by atoms with Crippen molar-refractivity contribution >= 4 is 40.6 Å². The van der Waals surface area contributed by atoms with Crippen molar-refractivity contribution in [3.8, 4) is 5.69 Å². The summed E-state index contributed by atoms with van der Waals surface area (Å²) >= 11 is 9.75. The quantitative estimate of drug-likeness (QED) is 0.599. The van der Waals surface area contributed by atoms with Crippen molar-refractivity contribution in [2.75, 3.05) is 20.2 Å². The van der Waals surface area contributed by atoms with E-state index in [1.54, 1.807) is 30.1 Å². The molecule has 0 radical (unpaired) electrons. The van der Waals surface area contributed by atoms with E-state index in [0.717, 1.165) is 16.3 Å². The number of carbonyl (C=O) groups excluding carboxylic acids is 1. The molecule has 3 aromatic rings. The molecule has 0 saturated heterocycles. The Morgan fingerprint density at radius 1 is 1.26 bits per heavy atom. The van der Waals surface area contributed by atoms with Crippen LogP contribution in [0.5, 0.6) is 0 Å². The highest BCUT2D eigenvalue weighted by molar-refractivity contribution is 7.99. The molecule has 31 heavy (non-hydrogen) atoms. The SMILES string of the molecule is Cc1ccc(C2Cc3c(C(=O)N(C)CCO)c(=O)cc(C)n3-c3ccc(Cl)cc3S2)s1. The van der Waals surface area contributed by atoms with E-state index in [-0.39, 0.29) is 35.3 Å². The number of fused-ring (bicyclic) bond motifs is 3. The monoisotopic (exact) mass is 474 g/mol. The fourth-order valence-corrected chi connectivity index (χ4v) is 6.52. The molecule has 5 nitrogen and oxygen atoms in total. The van der Waals surface area contributed by atoms with E-state index < -0.39 is 0 Å². The second kappa shape index (κ2) is 8.82. The molecule has 1 unspecified atom stereocenters. The lowest BCUT2D eigenvalue weighted by molar-refractivity contribution is 0.0763. The normalized spacial score (nSPS) is 15.2. The molecule has 0 fully saturated rings. The second-order valence-electron chi connectivity index (χ2n) is 7.63. The largest absolute Gasteiger partial charge is 0.395 e. The first-order valence-corrected chi connectivity index (χ1v) is 12.0. The van der Waals surface area contributed by atoms with E-state index in [1.807, 2.05) is 29.7 Å². The van der Waals surface area contributed by atoms with E-state index in [9.17, 15) is 14.7 Å². The second-order valence-corrected chi connectivity index (χ2v) is 10.6. The lowest BCUT2D eigenvalue weighted by atomic mass is 10.0. The Kier molecular flexibility index (Phi) is 6.30. The molecule has 1 N–H and O–H groups in total. The highest BCUT2D eigenvalue weighted by atomic mass is 35.5. The molecule has 1 aliphatic rings. The molecular formula is C23H23ClN2O3S2. The van der Waals surface area contributed by atoms with Crippen LogP contribution in [0.1, 0.15) is 36.8 Å². The van der Waals surface area contributed by atoms with Crippen molar-refractivity contribution in [3.63, 3.8) is 0 Å². The van der Waals surface area contributed by atoms with Crippen molar-refractivity contribution in [2.45, 2.75) is 30.4 Å². The number of aromatic nitrogens is 1. The van der Waals surface area contributed by atoms with Gasteiger partial charge in [-0.25, -0.2) is 0 Å². The number of pyridine rings is 1. The Balaban J connectivity index is 1.99. The maximum absolute atomic E-state index is 13.2. The molecule has 0 spiro atoms. The molecule has 0 bridgehead atoms. The lowest BCUT2D eigenvalue weighted by Crippen LogP contribution is -2.35. The number of aliphatic hydroxyl groups is 1. The summed E-state index contributed by atoms with van der Waals surface area (Å²) in [6, 6.07) is 11.4. The first-order valence-electron chi connectivity index (χ1n) is 9.95. The average Bonchev–Trinajstić information content (AvgIpc) is 3.07. The van der Waals surface area contributed by atoms with Gasteiger partial charge in [0.05, 0.1) is 12.3 Å². The molecule has 1 amide bonds. The number of carbonyl (C=O) groups is 1. The minimum absolute atomic E-state index is 0.0422. The van der Waals surface area contributed by atoms with Crippen LogP contribution in [0.3, 0.4) is 0 Å². The predicted octanol–water partition coefficient (Wildman–Crippen LogP) is 4.62. The van der Waals surface area contributed by atoms with Crippen LogP contribution in [0.25, 0.3) is 5.69 Å². The van der Waals surface area contributed by atoms with Crippen LogP contribution >= 0.6 is 34.7 Å². The van der Waals surface area contributed by atoms with E-state index in [2.05, 4.69) is 19.1 Å². The molecule has 0 saturated carbocycles. The summed E-state index contributed by atoms with van der Waals surface area (Å²) in [4.78, 5) is 31.1. The van der Waals surface area contributed by atoms with Gasteiger partial charge in [-0.1, -0.05) is 11.6 Å². The smallest absolute Gasteiger partial charge is 0.259 e. The summed E-state index contributed by atoms with van der Waals surface area (Å²) < 4.78 is 2.01. The number of hydrogen-bond donors (Lipinski definition) is 1. The molecule has 162 valence electrons. The number of thioether (sulfide) groups is 1. The number of hydrogen-bond acceptors (Lipinski definition) is 5. The zero-order valence-electron chi connectivity index (χ0n) is 17.5. The van der Waals surface area contributed by atoms with Gasteiger partial charge in [-0.3, -0.25) is 9.59 Å². The number of aliphatic hydroxyl groups excluding tert-OH is 1. The van der Waals surface area contributed by atoms with E-state index in [1.165, 1.54) is 20.7 Å². The summed E-state index contributed by atoms with van der Waals surface area (Å²) in [6.45, 7) is 3.96. The van der Waals surface area contributed by atoms with Crippen molar-refractivity contribution in [1.82, 2.24) is 9.47 Å². The van der Waals surface area contributed by atoms with Crippen LogP contribution < -0.4 is 5.43 Å². The molecule has 4 rings (SSSR count). The van der Waals surface area contributed by atoms with E-state index in [4.69, 9.17) is 11.6 Å². The molecule has 0 aliphatic carbocycles. The van der Waals surface area contributed by atoms with Crippen molar-refractivity contribution in [1.29, 1.82) is 0 Å². The zero-order valence-corrected chi connectivity index (χ0v) is 19.9. The Morgan fingerprint density at radius 3 is 2.71 bits per heavy atom. The summed E-state index contributed by atoms with van der Waals surface area (Å²) in [5.74, 6) is -0.369. The Bertz CT molecular complexity index is 1220. The van der Waals surface area contributed by atoms with E-state index in [0.29, 0.717) is 17.1 Å². The third-order valence-corrected chi connectivity index (χ3v) is 8.17. The van der Waals surface area contributed by atoms with Gasteiger partial charge >= 0.3 is 0 Å². The van der Waals surface area contributed by atoms with Gasteiger partial charge < -0.3 is 14.6 Å². The lowest BCUT2D eigenvalue weighted by Gasteiger charge is -2.22. The van der Waals surface area contributed by atoms with Gasteiger partial charge in [0, 0.05) is 62.4 Å². The van der Waals surface area contributed by atoms with Crippen LogP contribution in [0, 0.1) is 13.8 Å². The van der Waals surface area contributed by atoms with E-state index >= 15 is 0 Å². The van der Waals surface area contributed by atoms with Crippen molar-refractivity contribution in [2.24, 2.45) is 0 Å². The fraction of sp³-hybridized carbons (Fsp3) is 0.304. The fourth-order valence-electron chi connectivity index (χ4n) is 3.92. The standard InChI is InChI=1S/C23H23ClN2O3S2/c1-13-10-18(28)22(23(29)25(3)8-9-27)17-12-21(19-7-4-14(2)30-19)31-20-11-15(24)5-6-16(20)26(13)17/h4-7,10-11,21,27H,8-9,12H2,1-3H3. The third kappa shape index (κ3) is 4.20. The van der Waals surface area contributed by atoms with Crippen LogP contribution in [-0.2, 0) is 6.42 Å². The van der Waals surface area contributed by atoms with Crippen molar-refractivity contribution < 1.29 is 9.90 Å². The number of nitrogens with zero attached hydrogens (tertiary/aromatic N) is 2. The number of likely N-dealkylation sites (N-methyl/N-ethyl adjacent to an activating group) is 1. The highest BCUT2D eigenvalue weighted by Crippen LogP contribution is 2.46. The zero-order chi connectivity index (χ0) is 22.3. The minimum Gasteiger partial charge on any atom is -0.395 e. The summed E-state index contributed by atoms with van der Waals surface area (Å²) in [5.41, 5.74) is 2.26. The molecule has 3 heterocycles. The van der Waals surface area contributed by atoms with Crippen molar-refractivity contribution in [3.05, 3.63) is 78.3 Å². The molecule has 2 aromatic heterocycles. The van der Waals surface area contributed by atoms with Gasteiger partial charge in [-0.15, -0.1) is 23.1 Å². The molecule has 1 aromatic carbocycles. The van der Waals surface area contributed by atoms with Gasteiger partial charge in [-0.2, -0.15) is 0 Å². The summed E-state index contributed by atoms with van der Waals surface area (Å²) in [5, 5.41) is 9.98. The minimum atomic E-state index is -0.369. The number of amides is 1. The average molecular weight is 475 g/mol. The van der Waals surface area contributed by atoms with Crippen LogP contribution in [0.2, 0.25) is 5.02 Å². The Hall–Kier alpha value is -2.06. The number of aryl methyl sites for hydroxylation is 2. The maximum Gasteiger partial charge on any atom is 0.259 e. The van der Waals surface area contributed by atoms with Crippen LogP contribution in [0.15, 0.2) is 46.1 Å². The van der Waals surface area contributed by atoms with Gasteiger partial charge in [0.25, 0.3) is 5.91 Å².